The maximum Gasteiger partial charge on any atom is 0.118 e. The number of hydrogen-bond donors (Lipinski definition) is 1. The van der Waals surface area contributed by atoms with Crippen LogP contribution >= 0.6 is 0 Å². The Kier molecular flexibility index (Phi) is 4.66. The molecule has 1 fully saturated rings. The molecule has 1 N–H and O–H groups in total. The van der Waals surface area contributed by atoms with Crippen molar-refractivity contribution in [2.24, 2.45) is 0 Å². The fourth-order valence-electron chi connectivity index (χ4n) is 2.86. The number of ether oxygens (including phenoxy) is 1. The van der Waals surface area contributed by atoms with Gasteiger partial charge in [0.15, 0.2) is 0 Å². The van der Waals surface area contributed by atoms with Gasteiger partial charge in [-0.25, -0.2) is 0 Å². The van der Waals surface area contributed by atoms with E-state index in [1.807, 2.05) is 21.1 Å². The van der Waals surface area contributed by atoms with Crippen LogP contribution in [0.1, 0.15) is 36.8 Å². The second-order valence-electron chi connectivity index (χ2n) is 5.79. The average molecular weight is 266 g/mol. The first-order valence-electron chi connectivity index (χ1n) is 7.06. The van der Waals surface area contributed by atoms with Gasteiger partial charge >= 0.3 is 0 Å². The van der Waals surface area contributed by atoms with Crippen molar-refractivity contribution in [2.75, 3.05) is 27.2 Å². The maximum atomic E-state index is 5.75. The zero-order valence-electron chi connectivity index (χ0n) is 12.6. The van der Waals surface area contributed by atoms with E-state index in [0.29, 0.717) is 0 Å². The van der Waals surface area contributed by atoms with Crippen LogP contribution in [0.2, 0.25) is 0 Å². The van der Waals surface area contributed by atoms with Gasteiger partial charge in [-0.15, -0.1) is 0 Å². The average Bonchev–Trinajstić information content (AvgIpc) is 2.70. The third kappa shape index (κ3) is 3.59. The normalized spacial score (nSPS) is 24.8. The molecule has 4 heteroatoms. The molecule has 0 spiro atoms. The molecule has 2 rings (SSSR count). The highest BCUT2D eigenvalue weighted by atomic mass is 16.5. The second-order valence-corrected chi connectivity index (χ2v) is 5.79. The monoisotopic (exact) mass is 266 g/mol. The molecule has 1 saturated heterocycles. The highest BCUT2D eigenvalue weighted by Crippen LogP contribution is 2.26. The number of methoxy groups -OCH3 is 1. The summed E-state index contributed by atoms with van der Waals surface area (Å²) in [6.07, 6.45) is 2.35. The molecule has 1 aliphatic heterocycles. The van der Waals surface area contributed by atoms with Gasteiger partial charge in [0.25, 0.3) is 0 Å². The highest BCUT2D eigenvalue weighted by molar-refractivity contribution is 5.21. The molecule has 4 nitrogen and oxygen atoms in total. The van der Waals surface area contributed by atoms with Crippen molar-refractivity contribution in [3.8, 4) is 0 Å². The van der Waals surface area contributed by atoms with E-state index in [9.17, 15) is 0 Å². The first-order chi connectivity index (χ1) is 9.06. The summed E-state index contributed by atoms with van der Waals surface area (Å²) in [5.74, 6) is 2.05. The van der Waals surface area contributed by atoms with Crippen molar-refractivity contribution < 1.29 is 9.15 Å². The van der Waals surface area contributed by atoms with E-state index >= 15 is 0 Å². The quantitative estimate of drug-likeness (QED) is 0.887. The molecule has 0 aromatic carbocycles. The Morgan fingerprint density at radius 2 is 2.32 bits per heavy atom. The van der Waals surface area contributed by atoms with E-state index < -0.39 is 0 Å². The molecular weight excluding hydrogens is 240 g/mol. The molecule has 0 saturated carbocycles. The molecule has 0 amide bonds. The number of rotatable bonds is 5. The lowest BCUT2D eigenvalue weighted by atomic mass is 9.94. The SMILES string of the molecule is CNCc1cc(CN2CCCC(C)(OC)C2)c(C)o1. The van der Waals surface area contributed by atoms with Gasteiger partial charge < -0.3 is 14.5 Å². The topological polar surface area (TPSA) is 37.6 Å². The maximum absolute atomic E-state index is 5.75. The van der Waals surface area contributed by atoms with Crippen LogP contribution in [-0.4, -0.2) is 37.7 Å². The summed E-state index contributed by atoms with van der Waals surface area (Å²) < 4.78 is 11.4. The Bertz CT molecular complexity index is 416. The Balaban J connectivity index is 2.00. The van der Waals surface area contributed by atoms with Crippen LogP contribution < -0.4 is 5.32 Å². The summed E-state index contributed by atoms with van der Waals surface area (Å²) in [7, 11) is 3.75. The number of piperidine rings is 1. The number of hydrogen-bond acceptors (Lipinski definition) is 4. The van der Waals surface area contributed by atoms with Crippen molar-refractivity contribution in [2.45, 2.75) is 45.4 Å². The van der Waals surface area contributed by atoms with Crippen LogP contribution in [0.4, 0.5) is 0 Å². The predicted molar refractivity (Wildman–Crippen MR) is 76.1 cm³/mol. The molecule has 108 valence electrons. The molecule has 1 unspecified atom stereocenters. The molecule has 1 aromatic rings. The zero-order chi connectivity index (χ0) is 13.9. The predicted octanol–water partition coefficient (Wildman–Crippen LogP) is 2.31. The second kappa shape index (κ2) is 6.07. The summed E-state index contributed by atoms with van der Waals surface area (Å²) in [5.41, 5.74) is 1.30. The number of nitrogens with one attached hydrogen (secondary N) is 1. The minimum atomic E-state index is 0.00367. The number of likely N-dealkylation sites (tertiary alicyclic amines) is 1. The molecule has 1 aliphatic rings. The van der Waals surface area contributed by atoms with E-state index in [1.54, 1.807) is 0 Å². The van der Waals surface area contributed by atoms with Crippen LogP contribution in [0.5, 0.6) is 0 Å². The van der Waals surface area contributed by atoms with Gasteiger partial charge in [-0.3, -0.25) is 4.90 Å². The first-order valence-corrected chi connectivity index (χ1v) is 7.06. The zero-order valence-corrected chi connectivity index (χ0v) is 12.6. The van der Waals surface area contributed by atoms with E-state index in [0.717, 1.165) is 44.1 Å². The highest BCUT2D eigenvalue weighted by Gasteiger charge is 2.30. The van der Waals surface area contributed by atoms with Crippen molar-refractivity contribution in [1.29, 1.82) is 0 Å². The van der Waals surface area contributed by atoms with Crippen molar-refractivity contribution >= 4 is 0 Å². The Morgan fingerprint density at radius 1 is 1.53 bits per heavy atom. The Morgan fingerprint density at radius 3 is 3.00 bits per heavy atom. The fraction of sp³-hybridized carbons (Fsp3) is 0.733. The van der Waals surface area contributed by atoms with Gasteiger partial charge in [-0.05, 0) is 46.3 Å². The van der Waals surface area contributed by atoms with Gasteiger partial charge in [0.05, 0.1) is 12.1 Å². The van der Waals surface area contributed by atoms with E-state index in [4.69, 9.17) is 9.15 Å². The van der Waals surface area contributed by atoms with Gasteiger partial charge in [0.2, 0.25) is 0 Å². The Hall–Kier alpha value is -0.840. The van der Waals surface area contributed by atoms with Crippen LogP contribution in [0, 0.1) is 6.92 Å². The lowest BCUT2D eigenvalue weighted by molar-refractivity contribution is -0.0527. The summed E-state index contributed by atoms with van der Waals surface area (Å²) >= 11 is 0. The van der Waals surface area contributed by atoms with Crippen molar-refractivity contribution in [3.63, 3.8) is 0 Å². The summed E-state index contributed by atoms with van der Waals surface area (Å²) in [4.78, 5) is 2.47. The van der Waals surface area contributed by atoms with E-state index in [-0.39, 0.29) is 5.60 Å². The minimum absolute atomic E-state index is 0.00367. The van der Waals surface area contributed by atoms with Gasteiger partial charge in [-0.2, -0.15) is 0 Å². The Labute approximate surface area is 116 Å². The molecule has 19 heavy (non-hydrogen) atoms. The van der Waals surface area contributed by atoms with E-state index in [2.05, 4.69) is 23.2 Å². The smallest absolute Gasteiger partial charge is 0.118 e. The van der Waals surface area contributed by atoms with Gasteiger partial charge in [-0.1, -0.05) is 0 Å². The molecule has 2 heterocycles. The summed E-state index contributed by atoms with van der Waals surface area (Å²) in [5, 5.41) is 3.12. The molecule has 1 aromatic heterocycles. The molecule has 0 aliphatic carbocycles. The number of nitrogens with zero attached hydrogens (tertiary/aromatic N) is 1. The molecule has 0 bridgehead atoms. The standard InChI is InChI=1S/C15H26N2O2/c1-12-13(8-14(19-12)9-16-3)10-17-7-5-6-15(2,11-17)18-4/h8,16H,5-7,9-11H2,1-4H3. The van der Waals surface area contributed by atoms with Crippen LogP contribution in [0.3, 0.4) is 0 Å². The fourth-order valence-corrected chi connectivity index (χ4v) is 2.86. The number of furan rings is 1. The van der Waals surface area contributed by atoms with Crippen molar-refractivity contribution in [1.82, 2.24) is 10.2 Å². The van der Waals surface area contributed by atoms with E-state index in [1.165, 1.54) is 12.0 Å². The molecule has 1 atom stereocenters. The minimum Gasteiger partial charge on any atom is -0.465 e. The third-order valence-corrected chi connectivity index (χ3v) is 4.05. The van der Waals surface area contributed by atoms with Crippen LogP contribution in [0.25, 0.3) is 0 Å². The lowest BCUT2D eigenvalue weighted by Gasteiger charge is -2.39. The molecule has 0 radical (unpaired) electrons. The largest absolute Gasteiger partial charge is 0.465 e. The first kappa shape index (κ1) is 14.6. The van der Waals surface area contributed by atoms with Crippen molar-refractivity contribution in [3.05, 3.63) is 23.2 Å². The third-order valence-electron chi connectivity index (χ3n) is 4.05. The van der Waals surface area contributed by atoms with Gasteiger partial charge in [0.1, 0.15) is 11.5 Å². The lowest BCUT2D eigenvalue weighted by Crippen LogP contribution is -2.46. The summed E-state index contributed by atoms with van der Waals surface area (Å²) in [6, 6.07) is 2.17. The summed E-state index contributed by atoms with van der Waals surface area (Å²) in [6.45, 7) is 8.14. The van der Waals surface area contributed by atoms with Crippen LogP contribution in [0.15, 0.2) is 10.5 Å². The van der Waals surface area contributed by atoms with Crippen LogP contribution in [-0.2, 0) is 17.8 Å². The number of aryl methyl sites for hydroxylation is 1. The molecular formula is C15H26N2O2. The van der Waals surface area contributed by atoms with Gasteiger partial charge in [0, 0.05) is 25.8 Å².